The summed E-state index contributed by atoms with van der Waals surface area (Å²) >= 11 is 6.34. The molecular formula is C31H23ClN2O4. The van der Waals surface area contributed by atoms with E-state index in [1.54, 1.807) is 29.4 Å². The highest BCUT2D eigenvalue weighted by atomic mass is 35.5. The highest BCUT2D eigenvalue weighted by Crippen LogP contribution is 2.40. The van der Waals surface area contributed by atoms with Crippen molar-refractivity contribution in [1.29, 1.82) is 0 Å². The first-order valence-corrected chi connectivity index (χ1v) is 12.6. The van der Waals surface area contributed by atoms with Crippen LogP contribution in [0.2, 0.25) is 5.02 Å². The first kappa shape index (κ1) is 23.9. The van der Waals surface area contributed by atoms with Gasteiger partial charge in [-0.1, -0.05) is 60.1 Å². The van der Waals surface area contributed by atoms with Gasteiger partial charge in [0, 0.05) is 24.0 Å². The lowest BCUT2D eigenvalue weighted by Gasteiger charge is -2.25. The molecule has 1 amide bonds. The molecule has 0 saturated heterocycles. The van der Waals surface area contributed by atoms with E-state index < -0.39 is 6.04 Å². The molecule has 3 aromatic carbocycles. The number of nitrogens with zero attached hydrogens (tertiary/aromatic N) is 2. The fourth-order valence-electron chi connectivity index (χ4n) is 4.83. The van der Waals surface area contributed by atoms with Crippen molar-refractivity contribution in [3.63, 3.8) is 0 Å². The normalized spacial score (nSPS) is 14.6. The standard InChI is InChI=1S/C31H23ClN2O4/c1-19-14-26-24(15-25(19)32)29(35)27-28(34(31(36)30(27)38-26)17-21-8-5-13-33-16-21)22-9-11-23(12-10-22)37-18-20-6-3-2-4-7-20/h2-16,28H,17-18H2,1H3/t28-/m0/s1. The van der Waals surface area contributed by atoms with E-state index >= 15 is 0 Å². The van der Waals surface area contributed by atoms with Crippen LogP contribution in [-0.4, -0.2) is 15.8 Å². The van der Waals surface area contributed by atoms with Gasteiger partial charge in [0.1, 0.15) is 17.9 Å². The van der Waals surface area contributed by atoms with Gasteiger partial charge in [0.2, 0.25) is 5.76 Å². The summed E-state index contributed by atoms with van der Waals surface area (Å²) in [5.74, 6) is 0.404. The molecule has 0 aliphatic carbocycles. The second-order valence-corrected chi connectivity index (χ2v) is 9.72. The zero-order valence-corrected chi connectivity index (χ0v) is 21.3. The molecule has 6 nitrogen and oxygen atoms in total. The molecule has 3 heterocycles. The molecule has 0 spiro atoms. The highest BCUT2D eigenvalue weighted by Gasteiger charge is 2.42. The number of carbonyl (C=O) groups is 1. The minimum atomic E-state index is -0.637. The Kier molecular flexibility index (Phi) is 6.18. The maximum Gasteiger partial charge on any atom is 0.291 e. The van der Waals surface area contributed by atoms with Gasteiger partial charge >= 0.3 is 0 Å². The Bertz CT molecular complexity index is 1700. The Morgan fingerprint density at radius 1 is 0.974 bits per heavy atom. The molecule has 7 heteroatoms. The predicted octanol–water partition coefficient (Wildman–Crippen LogP) is 6.47. The summed E-state index contributed by atoms with van der Waals surface area (Å²) in [5.41, 5.74) is 3.84. The van der Waals surface area contributed by atoms with Gasteiger partial charge in [0.15, 0.2) is 5.43 Å². The molecule has 188 valence electrons. The molecule has 0 unspecified atom stereocenters. The van der Waals surface area contributed by atoms with Crippen molar-refractivity contribution in [2.75, 3.05) is 0 Å². The van der Waals surface area contributed by atoms with Crippen LogP contribution in [0.3, 0.4) is 0 Å². The number of benzene rings is 3. The van der Waals surface area contributed by atoms with E-state index in [1.165, 1.54) is 0 Å². The summed E-state index contributed by atoms with van der Waals surface area (Å²) < 4.78 is 12.0. The lowest BCUT2D eigenvalue weighted by molar-refractivity contribution is 0.0714. The smallest absolute Gasteiger partial charge is 0.291 e. The number of halogens is 1. The van der Waals surface area contributed by atoms with Crippen molar-refractivity contribution in [2.45, 2.75) is 26.1 Å². The molecule has 1 atom stereocenters. The van der Waals surface area contributed by atoms with Gasteiger partial charge in [-0.25, -0.2) is 0 Å². The van der Waals surface area contributed by atoms with Crippen LogP contribution < -0.4 is 10.2 Å². The van der Waals surface area contributed by atoms with Crippen molar-refractivity contribution >= 4 is 28.5 Å². The van der Waals surface area contributed by atoms with Crippen molar-refractivity contribution in [2.24, 2.45) is 0 Å². The molecule has 38 heavy (non-hydrogen) atoms. The number of amides is 1. The van der Waals surface area contributed by atoms with Gasteiger partial charge in [-0.15, -0.1) is 0 Å². The molecule has 0 fully saturated rings. The van der Waals surface area contributed by atoms with Gasteiger partial charge in [-0.2, -0.15) is 0 Å². The van der Waals surface area contributed by atoms with E-state index in [1.807, 2.05) is 73.7 Å². The van der Waals surface area contributed by atoms with E-state index in [0.717, 1.165) is 22.3 Å². The minimum Gasteiger partial charge on any atom is -0.489 e. The monoisotopic (exact) mass is 522 g/mol. The maximum atomic E-state index is 13.8. The van der Waals surface area contributed by atoms with Crippen molar-refractivity contribution in [3.8, 4) is 5.75 Å². The second-order valence-electron chi connectivity index (χ2n) is 9.31. The van der Waals surface area contributed by atoms with Gasteiger partial charge in [0.25, 0.3) is 5.91 Å². The van der Waals surface area contributed by atoms with Gasteiger partial charge < -0.3 is 14.1 Å². The Labute approximate surface area is 224 Å². The van der Waals surface area contributed by atoms with Gasteiger partial charge in [0.05, 0.1) is 17.0 Å². The first-order chi connectivity index (χ1) is 18.5. The van der Waals surface area contributed by atoms with E-state index in [-0.39, 0.29) is 23.6 Å². The number of fused-ring (bicyclic) bond motifs is 2. The fourth-order valence-corrected chi connectivity index (χ4v) is 4.99. The molecule has 1 aliphatic rings. The molecule has 0 bridgehead atoms. The lowest BCUT2D eigenvalue weighted by Crippen LogP contribution is -2.29. The fraction of sp³-hybridized carbons (Fsp3) is 0.129. The predicted molar refractivity (Wildman–Crippen MR) is 145 cm³/mol. The topological polar surface area (TPSA) is 72.6 Å². The van der Waals surface area contributed by atoms with Crippen LogP contribution in [0.4, 0.5) is 0 Å². The quantitative estimate of drug-likeness (QED) is 0.255. The number of aryl methyl sites for hydroxylation is 1. The summed E-state index contributed by atoms with van der Waals surface area (Å²) in [6.45, 7) is 2.53. The molecule has 0 radical (unpaired) electrons. The number of ether oxygens (including phenoxy) is 1. The summed E-state index contributed by atoms with van der Waals surface area (Å²) in [4.78, 5) is 33.3. The third kappa shape index (κ3) is 4.33. The van der Waals surface area contributed by atoms with Crippen molar-refractivity contribution in [3.05, 3.63) is 140 Å². The lowest BCUT2D eigenvalue weighted by atomic mass is 9.98. The van der Waals surface area contributed by atoms with Gasteiger partial charge in [-0.05, 0) is 59.5 Å². The van der Waals surface area contributed by atoms with Crippen LogP contribution in [0.25, 0.3) is 11.0 Å². The number of aromatic nitrogens is 1. The summed E-state index contributed by atoms with van der Waals surface area (Å²) in [6.07, 6.45) is 3.39. The molecule has 1 aliphatic heterocycles. The summed E-state index contributed by atoms with van der Waals surface area (Å²) in [5, 5.41) is 0.820. The molecular weight excluding hydrogens is 500 g/mol. The number of hydrogen-bond donors (Lipinski definition) is 0. The molecule has 2 aromatic heterocycles. The Hall–Kier alpha value is -4.42. The molecule has 0 saturated carbocycles. The minimum absolute atomic E-state index is 0.0579. The van der Waals surface area contributed by atoms with E-state index in [4.69, 9.17) is 20.8 Å². The molecule has 6 rings (SSSR count). The Balaban J connectivity index is 1.42. The molecule has 0 N–H and O–H groups in total. The van der Waals surface area contributed by atoms with Crippen LogP contribution in [0.5, 0.6) is 5.75 Å². The largest absolute Gasteiger partial charge is 0.489 e. The Morgan fingerprint density at radius 3 is 2.47 bits per heavy atom. The number of hydrogen-bond acceptors (Lipinski definition) is 5. The number of carbonyl (C=O) groups excluding carboxylic acids is 1. The number of rotatable bonds is 6. The van der Waals surface area contributed by atoms with Crippen LogP contribution in [0, 0.1) is 6.92 Å². The van der Waals surface area contributed by atoms with Crippen LogP contribution >= 0.6 is 11.6 Å². The zero-order valence-electron chi connectivity index (χ0n) is 20.6. The average Bonchev–Trinajstić information content (AvgIpc) is 3.21. The zero-order chi connectivity index (χ0) is 26.2. The second kappa shape index (κ2) is 9.80. The third-order valence-electron chi connectivity index (χ3n) is 6.77. The van der Waals surface area contributed by atoms with Crippen LogP contribution in [-0.2, 0) is 13.2 Å². The van der Waals surface area contributed by atoms with Crippen molar-refractivity contribution in [1.82, 2.24) is 9.88 Å². The highest BCUT2D eigenvalue weighted by molar-refractivity contribution is 6.32. The molecule has 5 aromatic rings. The summed E-state index contributed by atoms with van der Waals surface area (Å²) in [6, 6.07) is 23.8. The maximum absolute atomic E-state index is 13.8. The summed E-state index contributed by atoms with van der Waals surface area (Å²) in [7, 11) is 0. The van der Waals surface area contributed by atoms with Crippen LogP contribution in [0.15, 0.2) is 100 Å². The van der Waals surface area contributed by atoms with E-state index in [9.17, 15) is 9.59 Å². The van der Waals surface area contributed by atoms with Gasteiger partial charge in [-0.3, -0.25) is 14.6 Å². The number of pyridine rings is 1. The van der Waals surface area contributed by atoms with Crippen LogP contribution in [0.1, 0.15) is 44.4 Å². The third-order valence-corrected chi connectivity index (χ3v) is 7.17. The SMILES string of the molecule is Cc1cc2oc3c(c(=O)c2cc1Cl)[C@H](c1ccc(OCc2ccccc2)cc1)N(Cc1cccnc1)C3=O. The van der Waals surface area contributed by atoms with E-state index in [2.05, 4.69) is 4.98 Å². The average molecular weight is 523 g/mol. The Morgan fingerprint density at radius 2 is 1.74 bits per heavy atom. The first-order valence-electron chi connectivity index (χ1n) is 12.2. The van der Waals surface area contributed by atoms with E-state index in [0.29, 0.717) is 33.9 Å². The van der Waals surface area contributed by atoms with Crippen molar-refractivity contribution < 1.29 is 13.9 Å².